The number of hydrogen-bond acceptors (Lipinski definition) is 4. The van der Waals surface area contributed by atoms with Gasteiger partial charge in [0.1, 0.15) is 0 Å². The van der Waals surface area contributed by atoms with Crippen LogP contribution in [0.2, 0.25) is 0 Å². The van der Waals surface area contributed by atoms with Gasteiger partial charge in [0.05, 0.1) is 11.0 Å². The van der Waals surface area contributed by atoms with E-state index in [1.807, 2.05) is 6.26 Å². The molecule has 0 radical (unpaired) electrons. The molecule has 2 unspecified atom stereocenters. The standard InChI is InChI=1S/C13H21NO3S2/c1-10(18-3)7-8-14-19(16,17)13-6-4-5-12(9-13)11(2)15/h4-6,9-11,14-15H,7-8H2,1-3H3. The zero-order valence-electron chi connectivity index (χ0n) is 11.5. The Morgan fingerprint density at radius 1 is 1.37 bits per heavy atom. The van der Waals surface area contributed by atoms with Gasteiger partial charge in [0.2, 0.25) is 10.0 Å². The van der Waals surface area contributed by atoms with Crippen LogP contribution in [0.3, 0.4) is 0 Å². The van der Waals surface area contributed by atoms with Gasteiger partial charge in [-0.2, -0.15) is 11.8 Å². The van der Waals surface area contributed by atoms with Gasteiger partial charge in [0, 0.05) is 11.8 Å². The Bertz CT molecular complexity index is 500. The summed E-state index contributed by atoms with van der Waals surface area (Å²) in [6.07, 6.45) is 2.12. The average Bonchev–Trinajstić information content (AvgIpc) is 2.38. The van der Waals surface area contributed by atoms with E-state index in [2.05, 4.69) is 11.6 Å². The smallest absolute Gasteiger partial charge is 0.240 e. The normalized spacial score (nSPS) is 15.2. The molecule has 0 bridgehead atoms. The van der Waals surface area contributed by atoms with Crippen molar-refractivity contribution in [1.82, 2.24) is 4.72 Å². The van der Waals surface area contributed by atoms with Crippen LogP contribution in [0.5, 0.6) is 0 Å². The lowest BCUT2D eigenvalue weighted by atomic mass is 10.1. The highest BCUT2D eigenvalue weighted by Gasteiger charge is 2.15. The molecule has 0 amide bonds. The predicted molar refractivity (Wildman–Crippen MR) is 79.9 cm³/mol. The molecular formula is C13H21NO3S2. The van der Waals surface area contributed by atoms with Crippen molar-refractivity contribution in [1.29, 1.82) is 0 Å². The molecule has 0 heterocycles. The molecule has 0 saturated carbocycles. The number of benzene rings is 1. The van der Waals surface area contributed by atoms with Gasteiger partial charge in [-0.05, 0) is 37.3 Å². The summed E-state index contributed by atoms with van der Waals surface area (Å²) in [7, 11) is -3.49. The van der Waals surface area contributed by atoms with Crippen LogP contribution in [0.1, 0.15) is 31.9 Å². The molecule has 19 heavy (non-hydrogen) atoms. The lowest BCUT2D eigenvalue weighted by Gasteiger charge is -2.11. The van der Waals surface area contributed by atoms with E-state index in [1.165, 1.54) is 12.1 Å². The minimum Gasteiger partial charge on any atom is -0.389 e. The van der Waals surface area contributed by atoms with Gasteiger partial charge in [0.15, 0.2) is 0 Å². The van der Waals surface area contributed by atoms with Crippen molar-refractivity contribution in [3.63, 3.8) is 0 Å². The van der Waals surface area contributed by atoms with Gasteiger partial charge < -0.3 is 5.11 Å². The molecule has 4 nitrogen and oxygen atoms in total. The Morgan fingerprint density at radius 2 is 2.05 bits per heavy atom. The van der Waals surface area contributed by atoms with Gasteiger partial charge in [-0.3, -0.25) is 0 Å². The lowest BCUT2D eigenvalue weighted by molar-refractivity contribution is 0.199. The summed E-state index contributed by atoms with van der Waals surface area (Å²) in [5, 5.41) is 9.90. The molecular weight excluding hydrogens is 282 g/mol. The van der Waals surface area contributed by atoms with Crippen molar-refractivity contribution in [2.24, 2.45) is 0 Å². The number of rotatable bonds is 7. The van der Waals surface area contributed by atoms with Crippen LogP contribution in [0.4, 0.5) is 0 Å². The number of thioether (sulfide) groups is 1. The van der Waals surface area contributed by atoms with Crippen LogP contribution in [0.25, 0.3) is 0 Å². The summed E-state index contributed by atoms with van der Waals surface area (Å²) in [6.45, 7) is 4.09. The van der Waals surface area contributed by atoms with Crippen molar-refractivity contribution in [2.45, 2.75) is 36.5 Å². The fourth-order valence-electron chi connectivity index (χ4n) is 1.54. The van der Waals surface area contributed by atoms with E-state index in [1.54, 1.807) is 30.8 Å². The summed E-state index contributed by atoms with van der Waals surface area (Å²) >= 11 is 1.71. The minimum atomic E-state index is -3.49. The maximum absolute atomic E-state index is 12.1. The number of hydrogen-bond donors (Lipinski definition) is 2. The Labute approximate surface area is 119 Å². The maximum Gasteiger partial charge on any atom is 0.240 e. The Kier molecular flexibility index (Phi) is 6.32. The largest absolute Gasteiger partial charge is 0.389 e. The molecule has 0 aliphatic heterocycles. The van der Waals surface area contributed by atoms with Crippen LogP contribution in [-0.2, 0) is 10.0 Å². The molecule has 2 atom stereocenters. The first-order chi connectivity index (χ1) is 8.86. The number of sulfonamides is 1. The third kappa shape index (κ3) is 5.14. The fraction of sp³-hybridized carbons (Fsp3) is 0.538. The molecule has 0 aromatic heterocycles. The summed E-state index contributed by atoms with van der Waals surface area (Å²) in [4.78, 5) is 0.197. The zero-order valence-corrected chi connectivity index (χ0v) is 13.1. The van der Waals surface area contributed by atoms with Gasteiger partial charge >= 0.3 is 0 Å². The molecule has 2 N–H and O–H groups in total. The number of aliphatic hydroxyl groups is 1. The molecule has 108 valence electrons. The minimum absolute atomic E-state index is 0.197. The third-order valence-electron chi connectivity index (χ3n) is 2.90. The molecule has 1 rings (SSSR count). The SMILES string of the molecule is CSC(C)CCNS(=O)(=O)c1cccc(C(C)O)c1. The van der Waals surface area contributed by atoms with E-state index in [-0.39, 0.29) is 4.90 Å². The predicted octanol–water partition coefficient (Wildman–Crippen LogP) is 2.16. The van der Waals surface area contributed by atoms with Gasteiger partial charge in [-0.25, -0.2) is 13.1 Å². The molecule has 0 aliphatic carbocycles. The Hall–Kier alpha value is -0.560. The van der Waals surface area contributed by atoms with E-state index in [4.69, 9.17) is 0 Å². The first kappa shape index (κ1) is 16.5. The highest BCUT2D eigenvalue weighted by atomic mass is 32.2. The molecule has 0 spiro atoms. The summed E-state index contributed by atoms with van der Waals surface area (Å²) in [5.74, 6) is 0. The third-order valence-corrected chi connectivity index (χ3v) is 5.40. The van der Waals surface area contributed by atoms with Crippen LogP contribution >= 0.6 is 11.8 Å². The van der Waals surface area contributed by atoms with Crippen LogP contribution in [-0.4, -0.2) is 31.6 Å². The average molecular weight is 303 g/mol. The first-order valence-corrected chi connectivity index (χ1v) is 8.94. The summed E-state index contributed by atoms with van der Waals surface area (Å²) in [5.41, 5.74) is 0.598. The van der Waals surface area contributed by atoms with Crippen molar-refractivity contribution in [2.75, 3.05) is 12.8 Å². The van der Waals surface area contributed by atoms with Crippen LogP contribution < -0.4 is 4.72 Å². The maximum atomic E-state index is 12.1. The lowest BCUT2D eigenvalue weighted by Crippen LogP contribution is -2.26. The highest BCUT2D eigenvalue weighted by molar-refractivity contribution is 7.99. The van der Waals surface area contributed by atoms with E-state index in [0.717, 1.165) is 6.42 Å². The molecule has 0 aliphatic rings. The monoisotopic (exact) mass is 303 g/mol. The first-order valence-electron chi connectivity index (χ1n) is 6.17. The van der Waals surface area contributed by atoms with Gasteiger partial charge in [-0.1, -0.05) is 19.1 Å². The second-order valence-electron chi connectivity index (χ2n) is 4.48. The van der Waals surface area contributed by atoms with Crippen molar-refractivity contribution in [3.05, 3.63) is 29.8 Å². The topological polar surface area (TPSA) is 66.4 Å². The second-order valence-corrected chi connectivity index (χ2v) is 7.52. The Balaban J connectivity index is 2.74. The zero-order chi connectivity index (χ0) is 14.5. The van der Waals surface area contributed by atoms with Crippen LogP contribution in [0, 0.1) is 0 Å². The highest BCUT2D eigenvalue weighted by Crippen LogP contribution is 2.17. The van der Waals surface area contributed by atoms with E-state index in [9.17, 15) is 13.5 Å². The van der Waals surface area contributed by atoms with Crippen molar-refractivity contribution in [3.8, 4) is 0 Å². The fourth-order valence-corrected chi connectivity index (χ4v) is 3.00. The summed E-state index contributed by atoms with van der Waals surface area (Å²) in [6, 6.07) is 6.39. The molecule has 0 saturated heterocycles. The molecule has 6 heteroatoms. The van der Waals surface area contributed by atoms with E-state index in [0.29, 0.717) is 17.4 Å². The van der Waals surface area contributed by atoms with Crippen molar-refractivity contribution >= 4 is 21.8 Å². The van der Waals surface area contributed by atoms with E-state index < -0.39 is 16.1 Å². The molecule has 1 aromatic rings. The second kappa shape index (κ2) is 7.28. The van der Waals surface area contributed by atoms with Gasteiger partial charge in [0.25, 0.3) is 0 Å². The van der Waals surface area contributed by atoms with E-state index >= 15 is 0 Å². The quantitative estimate of drug-likeness (QED) is 0.810. The van der Waals surface area contributed by atoms with Crippen molar-refractivity contribution < 1.29 is 13.5 Å². The van der Waals surface area contributed by atoms with Gasteiger partial charge in [-0.15, -0.1) is 0 Å². The summed E-state index contributed by atoms with van der Waals surface area (Å²) < 4.78 is 26.7. The molecule has 0 fully saturated rings. The number of aliphatic hydroxyl groups excluding tert-OH is 1. The van der Waals surface area contributed by atoms with Crippen LogP contribution in [0.15, 0.2) is 29.2 Å². The Morgan fingerprint density at radius 3 is 2.63 bits per heavy atom. The molecule has 1 aromatic carbocycles. The number of nitrogens with one attached hydrogen (secondary N) is 1.